The van der Waals surface area contributed by atoms with E-state index >= 15 is 0 Å². The summed E-state index contributed by atoms with van der Waals surface area (Å²) in [6, 6.07) is 9.74. The Hall–Kier alpha value is -1.92. The highest BCUT2D eigenvalue weighted by Crippen LogP contribution is 2.31. The van der Waals surface area contributed by atoms with Crippen molar-refractivity contribution in [3.63, 3.8) is 0 Å². The number of carboxylic acid groups (broad SMARTS) is 1. The van der Waals surface area contributed by atoms with Crippen LogP contribution < -0.4 is 0 Å². The fourth-order valence-corrected chi connectivity index (χ4v) is 3.14. The number of aliphatic carboxylic acids is 1. The molecule has 108 valence electrons. The second-order valence-electron chi connectivity index (χ2n) is 4.46. The standard InChI is InChI=1S/C15H13NO3S2/c1-10(7-11-5-3-2-4-6-11)8-12-14(19)16(9-13(17)18)15(20)21-12/h2-8H,9H2,1H3,(H,17,18)/b10-7-,12-8+. The first-order valence-electron chi connectivity index (χ1n) is 6.18. The van der Waals surface area contributed by atoms with Gasteiger partial charge in [-0.2, -0.15) is 0 Å². The van der Waals surface area contributed by atoms with Gasteiger partial charge >= 0.3 is 5.97 Å². The number of nitrogens with zero attached hydrogens (tertiary/aromatic N) is 1. The Kier molecular flexibility index (Phi) is 4.93. The minimum Gasteiger partial charge on any atom is -0.480 e. The van der Waals surface area contributed by atoms with Crippen molar-refractivity contribution in [2.45, 2.75) is 6.92 Å². The van der Waals surface area contributed by atoms with Crippen molar-refractivity contribution >= 4 is 46.3 Å². The third-order valence-corrected chi connectivity index (χ3v) is 4.10. The highest BCUT2D eigenvalue weighted by Gasteiger charge is 2.33. The van der Waals surface area contributed by atoms with Crippen molar-refractivity contribution < 1.29 is 14.7 Å². The van der Waals surface area contributed by atoms with Gasteiger partial charge in [0.15, 0.2) is 0 Å². The number of rotatable bonds is 4. The van der Waals surface area contributed by atoms with Crippen molar-refractivity contribution in [3.8, 4) is 0 Å². The predicted octanol–water partition coefficient (Wildman–Crippen LogP) is 2.92. The molecule has 0 saturated carbocycles. The van der Waals surface area contributed by atoms with E-state index in [9.17, 15) is 9.59 Å². The Bertz CT molecular complexity index is 650. The van der Waals surface area contributed by atoms with Crippen LogP contribution in [0.15, 0.2) is 46.9 Å². The van der Waals surface area contributed by atoms with E-state index < -0.39 is 12.5 Å². The zero-order valence-electron chi connectivity index (χ0n) is 11.3. The number of thiocarbonyl (C=S) groups is 1. The van der Waals surface area contributed by atoms with Gasteiger partial charge in [-0.25, -0.2) is 0 Å². The van der Waals surface area contributed by atoms with Gasteiger partial charge in [-0.05, 0) is 24.1 Å². The van der Waals surface area contributed by atoms with Gasteiger partial charge < -0.3 is 5.11 Å². The Balaban J connectivity index is 2.18. The lowest BCUT2D eigenvalue weighted by atomic mass is 10.1. The van der Waals surface area contributed by atoms with Crippen LogP contribution in [0.1, 0.15) is 12.5 Å². The van der Waals surface area contributed by atoms with Crippen molar-refractivity contribution in [2.75, 3.05) is 6.54 Å². The number of thioether (sulfide) groups is 1. The van der Waals surface area contributed by atoms with E-state index in [2.05, 4.69) is 0 Å². The van der Waals surface area contributed by atoms with Gasteiger partial charge in [0, 0.05) is 0 Å². The summed E-state index contributed by atoms with van der Waals surface area (Å²) in [5.74, 6) is -1.43. The van der Waals surface area contributed by atoms with Crippen LogP contribution in [0.2, 0.25) is 0 Å². The Labute approximate surface area is 132 Å². The number of carbonyl (C=O) groups excluding carboxylic acids is 1. The van der Waals surface area contributed by atoms with E-state index in [1.165, 1.54) is 0 Å². The predicted molar refractivity (Wildman–Crippen MR) is 87.7 cm³/mol. The van der Waals surface area contributed by atoms with Crippen molar-refractivity contribution in [3.05, 3.63) is 52.4 Å². The average Bonchev–Trinajstić information content (AvgIpc) is 2.67. The summed E-state index contributed by atoms with van der Waals surface area (Å²) in [4.78, 5) is 24.4. The smallest absolute Gasteiger partial charge is 0.323 e. The van der Waals surface area contributed by atoms with Crippen LogP contribution in [0, 0.1) is 0 Å². The Morgan fingerprint density at radius 3 is 2.67 bits per heavy atom. The molecule has 0 atom stereocenters. The molecule has 1 aromatic carbocycles. The quantitative estimate of drug-likeness (QED) is 0.683. The first-order valence-corrected chi connectivity index (χ1v) is 7.40. The Morgan fingerprint density at radius 2 is 2.05 bits per heavy atom. The van der Waals surface area contributed by atoms with Gasteiger partial charge in [-0.15, -0.1) is 0 Å². The number of carbonyl (C=O) groups is 2. The first-order chi connectivity index (χ1) is 9.97. The number of amides is 1. The zero-order valence-corrected chi connectivity index (χ0v) is 12.9. The molecule has 1 aromatic rings. The number of hydrogen-bond acceptors (Lipinski definition) is 4. The maximum absolute atomic E-state index is 12.1. The summed E-state index contributed by atoms with van der Waals surface area (Å²) in [6.07, 6.45) is 3.68. The number of carboxylic acids is 1. The average molecular weight is 319 g/mol. The molecule has 0 unspecified atom stereocenters. The number of hydrogen-bond donors (Lipinski definition) is 1. The maximum Gasteiger partial charge on any atom is 0.323 e. The summed E-state index contributed by atoms with van der Waals surface area (Å²) in [5, 5.41) is 8.78. The lowest BCUT2D eigenvalue weighted by molar-refractivity contribution is -0.140. The molecule has 0 spiro atoms. The molecule has 0 aliphatic carbocycles. The molecule has 6 heteroatoms. The van der Waals surface area contributed by atoms with Gasteiger partial charge in [0.25, 0.3) is 5.91 Å². The molecule has 1 amide bonds. The van der Waals surface area contributed by atoms with Crippen LogP contribution in [0.25, 0.3) is 6.08 Å². The Morgan fingerprint density at radius 1 is 1.38 bits per heavy atom. The molecule has 1 saturated heterocycles. The molecule has 0 aromatic heterocycles. The second kappa shape index (κ2) is 6.69. The van der Waals surface area contributed by atoms with Gasteiger partial charge in [-0.3, -0.25) is 14.5 Å². The van der Waals surface area contributed by atoms with Crippen molar-refractivity contribution in [2.24, 2.45) is 0 Å². The summed E-state index contributed by atoms with van der Waals surface area (Å²) in [7, 11) is 0. The monoisotopic (exact) mass is 319 g/mol. The van der Waals surface area contributed by atoms with Crippen LogP contribution in [-0.2, 0) is 9.59 Å². The molecule has 2 rings (SSSR count). The number of benzene rings is 1. The summed E-state index contributed by atoms with van der Waals surface area (Å²) < 4.78 is 0.279. The molecule has 1 aliphatic rings. The third-order valence-electron chi connectivity index (χ3n) is 2.72. The molecule has 1 aliphatic heterocycles. The third kappa shape index (κ3) is 4.03. The molecule has 1 N–H and O–H groups in total. The minimum atomic E-state index is -1.08. The first kappa shape index (κ1) is 15.5. The lowest BCUT2D eigenvalue weighted by Crippen LogP contribution is -2.33. The normalized spacial score (nSPS) is 17.7. The van der Waals surface area contributed by atoms with E-state index in [0.29, 0.717) is 4.91 Å². The molecular weight excluding hydrogens is 306 g/mol. The topological polar surface area (TPSA) is 57.6 Å². The van der Waals surface area contributed by atoms with E-state index in [4.69, 9.17) is 17.3 Å². The number of allylic oxidation sites excluding steroid dienone is 2. The van der Waals surface area contributed by atoms with E-state index in [1.807, 2.05) is 43.3 Å². The van der Waals surface area contributed by atoms with Crippen LogP contribution in [0.4, 0.5) is 0 Å². The summed E-state index contributed by atoms with van der Waals surface area (Å²) in [5.41, 5.74) is 1.93. The summed E-state index contributed by atoms with van der Waals surface area (Å²) in [6.45, 7) is 1.49. The summed E-state index contributed by atoms with van der Waals surface area (Å²) >= 11 is 6.17. The van der Waals surface area contributed by atoms with Crippen molar-refractivity contribution in [1.82, 2.24) is 4.90 Å². The second-order valence-corrected chi connectivity index (χ2v) is 6.14. The van der Waals surface area contributed by atoms with Crippen LogP contribution in [0.3, 0.4) is 0 Å². The molecule has 21 heavy (non-hydrogen) atoms. The highest BCUT2D eigenvalue weighted by molar-refractivity contribution is 8.26. The van der Waals surface area contributed by atoms with E-state index in [1.54, 1.807) is 6.08 Å². The van der Waals surface area contributed by atoms with Crippen LogP contribution in [0.5, 0.6) is 0 Å². The van der Waals surface area contributed by atoms with Crippen molar-refractivity contribution in [1.29, 1.82) is 0 Å². The van der Waals surface area contributed by atoms with E-state index in [-0.39, 0.29) is 10.2 Å². The fraction of sp³-hybridized carbons (Fsp3) is 0.133. The van der Waals surface area contributed by atoms with Crippen LogP contribution >= 0.6 is 24.0 Å². The van der Waals surface area contributed by atoms with Crippen LogP contribution in [-0.4, -0.2) is 32.7 Å². The fourth-order valence-electron chi connectivity index (χ4n) is 1.83. The lowest BCUT2D eigenvalue weighted by Gasteiger charge is -2.10. The largest absolute Gasteiger partial charge is 0.480 e. The molecule has 0 bridgehead atoms. The van der Waals surface area contributed by atoms with Gasteiger partial charge in [0.05, 0.1) is 4.91 Å². The van der Waals surface area contributed by atoms with Gasteiger partial charge in [0.2, 0.25) is 0 Å². The zero-order chi connectivity index (χ0) is 15.4. The van der Waals surface area contributed by atoms with E-state index in [0.717, 1.165) is 27.8 Å². The van der Waals surface area contributed by atoms with Gasteiger partial charge in [0.1, 0.15) is 10.9 Å². The minimum absolute atomic E-state index is 0.279. The molecule has 4 nitrogen and oxygen atoms in total. The maximum atomic E-state index is 12.1. The SMILES string of the molecule is CC(=C/c1ccccc1)/C=C1/SC(=S)N(CC(=O)O)C1=O. The molecule has 1 fully saturated rings. The highest BCUT2D eigenvalue weighted by atomic mass is 32.2. The van der Waals surface area contributed by atoms with Gasteiger partial charge in [-0.1, -0.05) is 60.4 Å². The molecule has 1 heterocycles. The molecule has 0 radical (unpaired) electrons. The molecular formula is C15H13NO3S2.